The summed E-state index contributed by atoms with van der Waals surface area (Å²) in [4.78, 5) is 17.7. The van der Waals surface area contributed by atoms with Crippen molar-refractivity contribution in [1.29, 1.82) is 0 Å². The molecule has 2 aromatic carbocycles. The molecule has 1 aromatic heterocycles. The Hall–Kier alpha value is -2.07. The molecule has 4 heteroatoms. The van der Waals surface area contributed by atoms with Gasteiger partial charge in [-0.15, -0.1) is 0 Å². The second-order valence-corrected chi connectivity index (χ2v) is 6.46. The molecular weight excluding hydrogens is 292 g/mol. The first-order valence-electron chi connectivity index (χ1n) is 7.34. The molecule has 0 saturated heterocycles. The zero-order valence-corrected chi connectivity index (χ0v) is 13.8. The van der Waals surface area contributed by atoms with Crippen molar-refractivity contribution in [3.8, 4) is 5.69 Å². The van der Waals surface area contributed by atoms with Crippen LogP contribution in [0.25, 0.3) is 16.6 Å². The zero-order valence-electron chi connectivity index (χ0n) is 13.0. The van der Waals surface area contributed by atoms with Crippen LogP contribution in [-0.4, -0.2) is 15.3 Å². The van der Waals surface area contributed by atoms with Gasteiger partial charge in [-0.25, -0.2) is 4.98 Å². The van der Waals surface area contributed by atoms with Gasteiger partial charge in [0.05, 0.1) is 16.6 Å². The van der Waals surface area contributed by atoms with E-state index in [4.69, 9.17) is 4.98 Å². The molecule has 0 unspecified atom stereocenters. The quantitative estimate of drug-likeness (QED) is 0.539. The zero-order chi connectivity index (χ0) is 15.7. The highest BCUT2D eigenvalue weighted by Gasteiger charge is 2.15. The van der Waals surface area contributed by atoms with E-state index in [1.165, 1.54) is 0 Å². The van der Waals surface area contributed by atoms with Crippen LogP contribution >= 0.6 is 11.8 Å². The molecule has 112 valence electrons. The third-order valence-electron chi connectivity index (χ3n) is 3.68. The van der Waals surface area contributed by atoms with Gasteiger partial charge in [0, 0.05) is 0 Å². The Balaban J connectivity index is 2.44. The summed E-state index contributed by atoms with van der Waals surface area (Å²) in [6, 6.07) is 13.6. The average molecular weight is 310 g/mol. The number of nitrogens with zero attached hydrogens (tertiary/aromatic N) is 2. The summed E-state index contributed by atoms with van der Waals surface area (Å²) >= 11 is 1.60. The highest BCUT2D eigenvalue weighted by Crippen LogP contribution is 2.24. The van der Waals surface area contributed by atoms with Crippen molar-refractivity contribution in [2.24, 2.45) is 0 Å². The molecule has 3 aromatic rings. The molecule has 0 aliphatic carbocycles. The molecule has 0 bridgehead atoms. The maximum atomic E-state index is 13.0. The first kappa shape index (κ1) is 14.9. The lowest BCUT2D eigenvalue weighted by Crippen LogP contribution is -2.23. The fraction of sp³-hybridized carbons (Fsp3) is 0.222. The molecular formula is C18H18N2OS. The third-order valence-corrected chi connectivity index (χ3v) is 4.50. The number of rotatable bonds is 3. The smallest absolute Gasteiger partial charge is 0.266 e. The van der Waals surface area contributed by atoms with Crippen molar-refractivity contribution in [3.63, 3.8) is 0 Å². The number of fused-ring (bicyclic) bond motifs is 1. The number of benzene rings is 2. The molecule has 0 radical (unpaired) electrons. The third kappa shape index (κ3) is 2.44. The molecule has 0 atom stereocenters. The minimum atomic E-state index is -0.000972. The van der Waals surface area contributed by atoms with E-state index in [1.807, 2.05) is 56.3 Å². The van der Waals surface area contributed by atoms with Gasteiger partial charge in [-0.05, 0) is 42.9 Å². The molecule has 1 heterocycles. The predicted molar refractivity (Wildman–Crippen MR) is 93.2 cm³/mol. The average Bonchev–Trinajstić information content (AvgIpc) is 2.50. The van der Waals surface area contributed by atoms with E-state index in [9.17, 15) is 4.79 Å². The van der Waals surface area contributed by atoms with Crippen LogP contribution in [0.5, 0.6) is 0 Å². The summed E-state index contributed by atoms with van der Waals surface area (Å²) in [6.45, 7) is 6.13. The summed E-state index contributed by atoms with van der Waals surface area (Å²) in [6.07, 6.45) is 0. The Morgan fingerprint density at radius 1 is 1.05 bits per heavy atom. The van der Waals surface area contributed by atoms with Gasteiger partial charge < -0.3 is 0 Å². The number of hydrogen-bond donors (Lipinski definition) is 0. The predicted octanol–water partition coefficient (Wildman–Crippen LogP) is 4.11. The first-order valence-corrected chi connectivity index (χ1v) is 8.33. The second kappa shape index (κ2) is 5.97. The number of para-hydroxylation sites is 2. The van der Waals surface area contributed by atoms with Crippen LogP contribution in [0.1, 0.15) is 18.1 Å². The monoisotopic (exact) mass is 310 g/mol. The highest BCUT2D eigenvalue weighted by molar-refractivity contribution is 7.99. The Labute approximate surface area is 134 Å². The summed E-state index contributed by atoms with van der Waals surface area (Å²) in [5, 5.41) is 1.41. The summed E-state index contributed by atoms with van der Waals surface area (Å²) < 4.78 is 1.77. The number of aryl methyl sites for hydroxylation is 2. The minimum Gasteiger partial charge on any atom is -0.268 e. The van der Waals surface area contributed by atoms with Crippen molar-refractivity contribution < 1.29 is 0 Å². The van der Waals surface area contributed by atoms with Crippen molar-refractivity contribution in [3.05, 3.63) is 63.9 Å². The first-order chi connectivity index (χ1) is 10.6. The van der Waals surface area contributed by atoms with Gasteiger partial charge in [0.15, 0.2) is 5.16 Å². The van der Waals surface area contributed by atoms with Gasteiger partial charge in [-0.1, -0.05) is 49.0 Å². The Morgan fingerprint density at radius 2 is 1.73 bits per heavy atom. The lowest BCUT2D eigenvalue weighted by atomic mass is 10.1. The molecule has 22 heavy (non-hydrogen) atoms. The van der Waals surface area contributed by atoms with Crippen molar-refractivity contribution in [1.82, 2.24) is 9.55 Å². The van der Waals surface area contributed by atoms with Gasteiger partial charge >= 0.3 is 0 Å². The Kier molecular flexibility index (Phi) is 4.03. The van der Waals surface area contributed by atoms with Crippen LogP contribution in [0.3, 0.4) is 0 Å². The molecule has 0 fully saturated rings. The molecule has 3 nitrogen and oxygen atoms in total. The van der Waals surface area contributed by atoms with Crippen molar-refractivity contribution in [2.45, 2.75) is 25.9 Å². The maximum Gasteiger partial charge on any atom is 0.266 e. The van der Waals surface area contributed by atoms with Gasteiger partial charge in [0.2, 0.25) is 0 Å². The van der Waals surface area contributed by atoms with Gasteiger partial charge in [0.25, 0.3) is 5.56 Å². The Bertz CT molecular complexity index is 879. The van der Waals surface area contributed by atoms with E-state index in [0.717, 1.165) is 33.2 Å². The molecule has 3 rings (SSSR count). The molecule has 0 amide bonds. The van der Waals surface area contributed by atoms with Gasteiger partial charge in [-0.3, -0.25) is 9.36 Å². The van der Waals surface area contributed by atoms with Crippen LogP contribution in [0.2, 0.25) is 0 Å². The van der Waals surface area contributed by atoms with E-state index < -0.39 is 0 Å². The van der Waals surface area contributed by atoms with Crippen molar-refractivity contribution in [2.75, 3.05) is 5.75 Å². The molecule has 0 aliphatic heterocycles. The van der Waals surface area contributed by atoms with Crippen LogP contribution in [-0.2, 0) is 0 Å². The minimum absolute atomic E-state index is 0.000972. The SMILES string of the molecule is CCSc1nc2ccccc2c(=O)n1-c1c(C)cccc1C. The summed E-state index contributed by atoms with van der Waals surface area (Å²) in [7, 11) is 0. The van der Waals surface area contributed by atoms with E-state index in [-0.39, 0.29) is 5.56 Å². The lowest BCUT2D eigenvalue weighted by Gasteiger charge is -2.16. The molecule has 0 spiro atoms. The Morgan fingerprint density at radius 3 is 2.41 bits per heavy atom. The normalized spacial score (nSPS) is 11.0. The van der Waals surface area contributed by atoms with Gasteiger partial charge in [-0.2, -0.15) is 0 Å². The molecule has 0 saturated carbocycles. The number of hydrogen-bond acceptors (Lipinski definition) is 3. The van der Waals surface area contributed by atoms with E-state index in [1.54, 1.807) is 16.3 Å². The standard InChI is InChI=1S/C18H18N2OS/c1-4-22-18-19-15-11-6-5-10-14(15)17(21)20(18)16-12(2)8-7-9-13(16)3/h5-11H,4H2,1-3H3. The number of aromatic nitrogens is 2. The largest absolute Gasteiger partial charge is 0.268 e. The highest BCUT2D eigenvalue weighted by atomic mass is 32.2. The van der Waals surface area contributed by atoms with Crippen LogP contribution in [0.4, 0.5) is 0 Å². The van der Waals surface area contributed by atoms with E-state index >= 15 is 0 Å². The van der Waals surface area contributed by atoms with E-state index in [0.29, 0.717) is 5.39 Å². The van der Waals surface area contributed by atoms with Crippen LogP contribution in [0, 0.1) is 13.8 Å². The lowest BCUT2D eigenvalue weighted by molar-refractivity contribution is 0.809. The van der Waals surface area contributed by atoms with Crippen molar-refractivity contribution >= 4 is 22.7 Å². The summed E-state index contributed by atoms with van der Waals surface area (Å²) in [5.74, 6) is 0.871. The fourth-order valence-corrected chi connectivity index (χ4v) is 3.42. The number of thioether (sulfide) groups is 1. The topological polar surface area (TPSA) is 34.9 Å². The maximum absolute atomic E-state index is 13.0. The van der Waals surface area contributed by atoms with Crippen LogP contribution in [0.15, 0.2) is 52.4 Å². The van der Waals surface area contributed by atoms with Crippen LogP contribution < -0.4 is 5.56 Å². The van der Waals surface area contributed by atoms with E-state index in [2.05, 4.69) is 6.92 Å². The molecule has 0 aliphatic rings. The summed E-state index contributed by atoms with van der Waals surface area (Å²) in [5.41, 5.74) is 3.86. The second-order valence-electron chi connectivity index (χ2n) is 5.23. The van der Waals surface area contributed by atoms with Gasteiger partial charge in [0.1, 0.15) is 0 Å². The molecule has 0 N–H and O–H groups in total. The fourth-order valence-electron chi connectivity index (χ4n) is 2.69.